The number of aliphatic hydroxyl groups excluding tert-OH is 1. The summed E-state index contributed by atoms with van der Waals surface area (Å²) in [5, 5.41) is 11.4. The smallest absolute Gasteiger partial charge is 0.184 e. The summed E-state index contributed by atoms with van der Waals surface area (Å²) in [5.41, 5.74) is 3.04. The predicted molar refractivity (Wildman–Crippen MR) is 187 cm³/mol. The van der Waals surface area contributed by atoms with Crippen LogP contribution in [0.2, 0.25) is 0 Å². The van der Waals surface area contributed by atoms with Crippen molar-refractivity contribution in [1.82, 2.24) is 0 Å². The van der Waals surface area contributed by atoms with E-state index in [4.69, 9.17) is 33.2 Å². The summed E-state index contributed by atoms with van der Waals surface area (Å²) >= 11 is 0. The van der Waals surface area contributed by atoms with Crippen LogP contribution in [-0.4, -0.2) is 68.0 Å². The van der Waals surface area contributed by atoms with Crippen LogP contribution in [0, 0.1) is 52.3 Å². The summed E-state index contributed by atoms with van der Waals surface area (Å²) in [4.78, 5) is 0. The molecule has 8 aliphatic rings. The molecule has 8 nitrogen and oxygen atoms in total. The van der Waals surface area contributed by atoms with E-state index in [1.165, 1.54) is 32.1 Å². The molecule has 4 heterocycles. The number of aliphatic hydroxyl groups is 1. The van der Waals surface area contributed by atoms with E-state index < -0.39 is 18.7 Å². The second kappa shape index (κ2) is 12.5. The highest BCUT2D eigenvalue weighted by Gasteiger charge is 2.68. The van der Waals surface area contributed by atoms with Crippen molar-refractivity contribution in [1.29, 1.82) is 0 Å². The quantitative estimate of drug-likeness (QED) is 0.324. The number of rotatable bonds is 4. The fourth-order valence-electron chi connectivity index (χ4n) is 12.8. The molecule has 0 aromatic heterocycles. The first-order valence-corrected chi connectivity index (χ1v) is 19.9. The Hall–Kier alpha value is -1.52. The lowest BCUT2D eigenvalue weighted by Gasteiger charge is -2.58. The Kier molecular flexibility index (Phi) is 8.59. The van der Waals surface area contributed by atoms with Crippen LogP contribution in [0.4, 0.5) is 0 Å². The fraction of sp³-hybridized carbons (Fsp3) is 0.810. The van der Waals surface area contributed by atoms with Crippen LogP contribution in [0.15, 0.2) is 35.9 Å². The molecule has 4 aliphatic heterocycles. The highest BCUT2D eigenvalue weighted by atomic mass is 16.8. The Morgan fingerprint density at radius 2 is 1.72 bits per heavy atom. The molecule has 0 radical (unpaired) electrons. The van der Waals surface area contributed by atoms with Crippen molar-refractivity contribution >= 4 is 0 Å². The van der Waals surface area contributed by atoms with Crippen molar-refractivity contribution in [2.45, 2.75) is 141 Å². The molecule has 7 fully saturated rings. The molecule has 9 rings (SSSR count). The van der Waals surface area contributed by atoms with Crippen molar-refractivity contribution in [2.75, 3.05) is 20.3 Å². The van der Waals surface area contributed by atoms with Gasteiger partial charge in [0.05, 0.1) is 38.6 Å². The molecule has 50 heavy (non-hydrogen) atoms. The van der Waals surface area contributed by atoms with Gasteiger partial charge in [0.25, 0.3) is 0 Å². The third kappa shape index (κ3) is 5.24. The van der Waals surface area contributed by atoms with Gasteiger partial charge in [-0.2, -0.15) is 0 Å². The molecule has 17 atom stereocenters. The highest BCUT2D eigenvalue weighted by molar-refractivity contribution is 5.28. The summed E-state index contributed by atoms with van der Waals surface area (Å²) in [5.74, 6) is 4.14. The Balaban J connectivity index is 0.845. The van der Waals surface area contributed by atoms with Crippen molar-refractivity contribution in [3.63, 3.8) is 0 Å². The van der Waals surface area contributed by atoms with Gasteiger partial charge in [0, 0.05) is 23.8 Å². The van der Waals surface area contributed by atoms with Crippen molar-refractivity contribution in [3.8, 4) is 5.75 Å². The minimum atomic E-state index is -0.770. The zero-order valence-electron chi connectivity index (χ0n) is 31.1. The number of allylic oxidation sites excluding steroid dienone is 1. The van der Waals surface area contributed by atoms with Crippen LogP contribution in [0.1, 0.15) is 104 Å². The maximum Gasteiger partial charge on any atom is 0.184 e. The molecule has 1 spiro atoms. The first-order chi connectivity index (χ1) is 24.0. The minimum Gasteiger partial charge on any atom is -0.497 e. The number of fused-ring (bicyclic) bond motifs is 8. The molecular weight excluding hydrogens is 632 g/mol. The average molecular weight is 693 g/mol. The third-order valence-corrected chi connectivity index (χ3v) is 15.7. The van der Waals surface area contributed by atoms with Gasteiger partial charge in [0.2, 0.25) is 0 Å². The largest absolute Gasteiger partial charge is 0.497 e. The SMILES string of the molecule is COc1ccc(C2OCC3O[C@@H](O[C@H]4CC[C@@]5(C)C(=CC[C@H]6[C@@H]7C[C@@H]8O[C@]9(CC[C@@H](C)CO9)[C@@H](C)[C@@H]8[C@@]7(C)CC[C@@H]65)C4)C(O)[C@@H](C)[C@@H]3O2)cc1. The van der Waals surface area contributed by atoms with Gasteiger partial charge in [0.1, 0.15) is 18.0 Å². The van der Waals surface area contributed by atoms with Crippen LogP contribution < -0.4 is 4.74 Å². The van der Waals surface area contributed by atoms with Gasteiger partial charge in [-0.1, -0.05) is 58.4 Å². The van der Waals surface area contributed by atoms with Crippen LogP contribution >= 0.6 is 0 Å². The summed E-state index contributed by atoms with van der Waals surface area (Å²) in [6.07, 6.45) is 10.8. The minimum absolute atomic E-state index is 0.0371. The number of benzene rings is 1. The summed E-state index contributed by atoms with van der Waals surface area (Å²) in [6, 6.07) is 7.74. The summed E-state index contributed by atoms with van der Waals surface area (Å²) in [7, 11) is 1.66. The van der Waals surface area contributed by atoms with Crippen LogP contribution in [-0.2, 0) is 28.4 Å². The van der Waals surface area contributed by atoms with E-state index >= 15 is 0 Å². The summed E-state index contributed by atoms with van der Waals surface area (Å²) < 4.78 is 44.4. The first kappa shape index (κ1) is 34.3. The molecule has 1 N–H and O–H groups in total. The monoisotopic (exact) mass is 692 g/mol. The number of hydrogen-bond acceptors (Lipinski definition) is 8. The number of hydrogen-bond donors (Lipinski definition) is 1. The highest BCUT2D eigenvalue weighted by Crippen LogP contribution is 2.70. The van der Waals surface area contributed by atoms with Crippen molar-refractivity contribution in [3.05, 3.63) is 41.5 Å². The normalized spacial score (nSPS) is 52.7. The Labute approximate surface area is 298 Å². The average Bonchev–Trinajstić information content (AvgIpc) is 3.57. The zero-order valence-corrected chi connectivity index (χ0v) is 31.1. The van der Waals surface area contributed by atoms with Gasteiger partial charge in [0.15, 0.2) is 18.4 Å². The lowest BCUT2D eigenvalue weighted by atomic mass is 9.47. The second-order valence-corrected chi connectivity index (χ2v) is 18.2. The van der Waals surface area contributed by atoms with Gasteiger partial charge >= 0.3 is 0 Å². The lowest BCUT2D eigenvalue weighted by molar-refractivity contribution is -0.358. The molecule has 3 saturated carbocycles. The molecule has 4 saturated heterocycles. The van der Waals surface area contributed by atoms with E-state index in [0.29, 0.717) is 47.7 Å². The molecule has 8 heteroatoms. The van der Waals surface area contributed by atoms with E-state index in [9.17, 15) is 5.11 Å². The molecule has 1 aromatic carbocycles. The van der Waals surface area contributed by atoms with E-state index in [-0.39, 0.29) is 35.4 Å². The first-order valence-electron chi connectivity index (χ1n) is 19.9. The van der Waals surface area contributed by atoms with Gasteiger partial charge in [-0.3, -0.25) is 0 Å². The maximum atomic E-state index is 11.4. The van der Waals surface area contributed by atoms with E-state index in [2.05, 4.69) is 33.8 Å². The number of methoxy groups -OCH3 is 1. The Bertz CT molecular complexity index is 1440. The lowest BCUT2D eigenvalue weighted by Crippen LogP contribution is -2.59. The number of ether oxygens (including phenoxy) is 7. The Morgan fingerprint density at radius 1 is 0.900 bits per heavy atom. The third-order valence-electron chi connectivity index (χ3n) is 15.7. The standard InChI is InChI=1S/C42H60O8/c1-23-13-18-42(46-21-23)25(3)35-33(50-42)20-32-30-12-9-27-19-29(14-16-40(27,4)31(30)15-17-41(32,35)5)47-39-36(43)24(2)37-34(48-39)22-45-38(49-37)26-7-10-28(44-6)11-8-26/h7-11,23-25,29-39,43H,12-22H2,1-6H3/t23-,24-,25+,29+,30-,31+,32+,33+,34?,35+,36?,37+,38?,39-,40+,41+,42-/m1/s1. The Morgan fingerprint density at radius 3 is 2.48 bits per heavy atom. The molecule has 4 aliphatic carbocycles. The molecule has 0 bridgehead atoms. The molecular formula is C42H60O8. The van der Waals surface area contributed by atoms with Crippen molar-refractivity contribution < 1.29 is 38.3 Å². The van der Waals surface area contributed by atoms with Crippen LogP contribution in [0.3, 0.4) is 0 Å². The molecule has 276 valence electrons. The zero-order chi connectivity index (χ0) is 34.6. The van der Waals surface area contributed by atoms with Crippen LogP contribution in [0.25, 0.3) is 0 Å². The van der Waals surface area contributed by atoms with Gasteiger partial charge in [-0.25, -0.2) is 0 Å². The maximum absolute atomic E-state index is 11.4. The summed E-state index contributed by atoms with van der Waals surface area (Å²) in [6.45, 7) is 13.2. The van der Waals surface area contributed by atoms with Crippen molar-refractivity contribution in [2.24, 2.45) is 52.3 Å². The molecule has 1 aromatic rings. The fourth-order valence-corrected chi connectivity index (χ4v) is 12.8. The topological polar surface area (TPSA) is 84.8 Å². The van der Waals surface area contributed by atoms with Gasteiger partial charge in [-0.05, 0) is 104 Å². The van der Waals surface area contributed by atoms with E-state index in [1.807, 2.05) is 31.2 Å². The van der Waals surface area contributed by atoms with Gasteiger partial charge < -0.3 is 38.3 Å². The molecule has 3 unspecified atom stereocenters. The van der Waals surface area contributed by atoms with E-state index in [1.54, 1.807) is 12.7 Å². The van der Waals surface area contributed by atoms with Crippen LogP contribution in [0.5, 0.6) is 5.75 Å². The molecule has 0 amide bonds. The predicted octanol–water partition coefficient (Wildman–Crippen LogP) is 7.58. The second-order valence-electron chi connectivity index (χ2n) is 18.2. The van der Waals surface area contributed by atoms with Gasteiger partial charge in [-0.15, -0.1) is 0 Å². The van der Waals surface area contributed by atoms with E-state index in [0.717, 1.165) is 49.5 Å².